The zero-order chi connectivity index (χ0) is 15.6. The molecule has 23 heavy (non-hydrogen) atoms. The Morgan fingerprint density at radius 2 is 2.00 bits per heavy atom. The van der Waals surface area contributed by atoms with Gasteiger partial charge in [-0.3, -0.25) is 4.79 Å². The molecule has 0 saturated carbocycles. The van der Waals surface area contributed by atoms with E-state index in [1.165, 1.54) is 21.8 Å². The number of fused-ring (bicyclic) bond motifs is 1. The van der Waals surface area contributed by atoms with E-state index < -0.39 is 0 Å². The Balaban J connectivity index is 1.34. The molecule has 120 valence electrons. The Morgan fingerprint density at radius 1 is 1.17 bits per heavy atom. The highest BCUT2D eigenvalue weighted by Gasteiger charge is 2.25. The summed E-state index contributed by atoms with van der Waals surface area (Å²) in [6.45, 7) is 4.86. The Hall–Kier alpha value is -2.05. The molecular formula is C17H19N2O3S+. The topological polar surface area (TPSA) is 43.2 Å². The summed E-state index contributed by atoms with van der Waals surface area (Å²) in [5, 5.41) is 1.95. The lowest BCUT2D eigenvalue weighted by Gasteiger charge is -2.32. The van der Waals surface area contributed by atoms with E-state index in [-0.39, 0.29) is 5.91 Å². The maximum atomic E-state index is 12.4. The molecule has 2 aliphatic rings. The molecule has 4 rings (SSSR count). The fourth-order valence-electron chi connectivity index (χ4n) is 3.10. The number of benzene rings is 1. The van der Waals surface area contributed by atoms with E-state index in [4.69, 9.17) is 9.47 Å². The van der Waals surface area contributed by atoms with Crippen LogP contribution >= 0.6 is 11.3 Å². The third-order valence-corrected chi connectivity index (χ3v) is 5.24. The van der Waals surface area contributed by atoms with Gasteiger partial charge < -0.3 is 19.3 Å². The fourth-order valence-corrected chi connectivity index (χ4v) is 3.79. The van der Waals surface area contributed by atoms with Crippen molar-refractivity contribution >= 4 is 17.2 Å². The second-order valence-corrected chi connectivity index (χ2v) is 6.83. The number of thiophene rings is 1. The average molecular weight is 331 g/mol. The molecule has 0 atom stereocenters. The molecule has 1 saturated heterocycles. The van der Waals surface area contributed by atoms with E-state index in [1.807, 2.05) is 28.5 Å². The summed E-state index contributed by atoms with van der Waals surface area (Å²) in [6, 6.07) is 9.98. The van der Waals surface area contributed by atoms with Crippen LogP contribution in [0, 0.1) is 0 Å². The Labute approximate surface area is 139 Å². The number of quaternary nitrogens is 1. The predicted molar refractivity (Wildman–Crippen MR) is 87.2 cm³/mol. The molecule has 1 amide bonds. The van der Waals surface area contributed by atoms with Crippen molar-refractivity contribution in [2.45, 2.75) is 6.54 Å². The minimum atomic E-state index is 0.169. The number of piperazine rings is 1. The maximum absolute atomic E-state index is 12.4. The lowest BCUT2D eigenvalue weighted by molar-refractivity contribution is -0.917. The standard InChI is InChI=1S/C17H18N2O3S/c20-17(16-2-1-9-23-16)19-7-5-18(6-8-19)11-13-3-4-14-15(10-13)22-12-21-14/h1-4,9-10H,5-8,11-12H2/p+1. The van der Waals surface area contributed by atoms with Crippen LogP contribution in [0.4, 0.5) is 0 Å². The smallest absolute Gasteiger partial charge is 0.264 e. The molecular weight excluding hydrogens is 312 g/mol. The van der Waals surface area contributed by atoms with Crippen molar-refractivity contribution in [3.8, 4) is 11.5 Å². The van der Waals surface area contributed by atoms with Gasteiger partial charge in [0.15, 0.2) is 11.5 Å². The van der Waals surface area contributed by atoms with E-state index in [0.29, 0.717) is 6.79 Å². The van der Waals surface area contributed by atoms with Crippen molar-refractivity contribution in [1.29, 1.82) is 0 Å². The van der Waals surface area contributed by atoms with Gasteiger partial charge in [-0.05, 0) is 29.6 Å². The van der Waals surface area contributed by atoms with Gasteiger partial charge in [-0.1, -0.05) is 6.07 Å². The molecule has 0 aliphatic carbocycles. The maximum Gasteiger partial charge on any atom is 0.264 e. The molecule has 0 radical (unpaired) electrons. The Morgan fingerprint density at radius 3 is 2.78 bits per heavy atom. The summed E-state index contributed by atoms with van der Waals surface area (Å²) in [4.78, 5) is 16.7. The highest BCUT2D eigenvalue weighted by Crippen LogP contribution is 2.32. The second-order valence-electron chi connectivity index (χ2n) is 5.88. The van der Waals surface area contributed by atoms with Crippen LogP contribution in [0.1, 0.15) is 15.2 Å². The average Bonchev–Trinajstić information content (AvgIpc) is 3.26. The summed E-state index contributed by atoms with van der Waals surface area (Å²) in [6.07, 6.45) is 0. The van der Waals surface area contributed by atoms with E-state index >= 15 is 0 Å². The lowest BCUT2D eigenvalue weighted by Crippen LogP contribution is -3.13. The van der Waals surface area contributed by atoms with Gasteiger partial charge >= 0.3 is 0 Å². The molecule has 0 unspecified atom stereocenters. The molecule has 2 aromatic rings. The van der Waals surface area contributed by atoms with Gasteiger partial charge in [0, 0.05) is 5.56 Å². The highest BCUT2D eigenvalue weighted by atomic mass is 32.1. The fraction of sp³-hybridized carbons (Fsp3) is 0.353. The van der Waals surface area contributed by atoms with Crippen molar-refractivity contribution < 1.29 is 19.2 Å². The van der Waals surface area contributed by atoms with Crippen molar-refractivity contribution in [2.75, 3.05) is 33.0 Å². The van der Waals surface area contributed by atoms with Crippen molar-refractivity contribution in [3.63, 3.8) is 0 Å². The summed E-state index contributed by atoms with van der Waals surface area (Å²) in [5.41, 5.74) is 1.25. The molecule has 3 heterocycles. The third kappa shape index (κ3) is 3.04. The third-order valence-electron chi connectivity index (χ3n) is 4.38. The number of nitrogens with zero attached hydrogens (tertiary/aromatic N) is 1. The van der Waals surface area contributed by atoms with Crippen LogP contribution in [0.2, 0.25) is 0 Å². The Kier molecular flexibility index (Phi) is 3.93. The molecule has 2 aliphatic heterocycles. The normalized spacial score (nSPS) is 17.5. The summed E-state index contributed by atoms with van der Waals surface area (Å²) in [7, 11) is 0. The van der Waals surface area contributed by atoms with Gasteiger partial charge in [0.1, 0.15) is 6.54 Å². The van der Waals surface area contributed by atoms with Crippen LogP contribution in [0.5, 0.6) is 11.5 Å². The molecule has 1 aromatic carbocycles. The van der Waals surface area contributed by atoms with Gasteiger partial charge in [0.05, 0.1) is 31.1 Å². The SMILES string of the molecule is O=C(c1cccs1)N1CC[NH+](Cc2ccc3c(c2)OCO3)CC1. The number of nitrogens with one attached hydrogen (secondary N) is 1. The molecule has 1 N–H and O–H groups in total. The summed E-state index contributed by atoms with van der Waals surface area (Å²) >= 11 is 1.52. The van der Waals surface area contributed by atoms with Crippen molar-refractivity contribution in [3.05, 3.63) is 46.2 Å². The molecule has 0 spiro atoms. The minimum absolute atomic E-state index is 0.169. The number of rotatable bonds is 3. The summed E-state index contributed by atoms with van der Waals surface area (Å²) in [5.74, 6) is 1.84. The van der Waals surface area contributed by atoms with Crippen molar-refractivity contribution in [2.24, 2.45) is 0 Å². The molecule has 0 bridgehead atoms. The monoisotopic (exact) mass is 331 g/mol. The van der Waals surface area contributed by atoms with Gasteiger partial charge in [-0.25, -0.2) is 0 Å². The molecule has 1 aromatic heterocycles. The summed E-state index contributed by atoms with van der Waals surface area (Å²) < 4.78 is 10.8. The molecule has 5 nitrogen and oxygen atoms in total. The van der Waals surface area contributed by atoms with Crippen LogP contribution in [0.3, 0.4) is 0 Å². The van der Waals surface area contributed by atoms with Gasteiger partial charge in [0.2, 0.25) is 6.79 Å². The first kappa shape index (κ1) is 14.5. The lowest BCUT2D eigenvalue weighted by atomic mass is 10.1. The zero-order valence-electron chi connectivity index (χ0n) is 12.8. The van der Waals surface area contributed by atoms with Gasteiger partial charge in [0.25, 0.3) is 5.91 Å². The van der Waals surface area contributed by atoms with E-state index in [1.54, 1.807) is 0 Å². The number of carbonyl (C=O) groups excluding carboxylic acids is 1. The van der Waals surface area contributed by atoms with E-state index in [2.05, 4.69) is 12.1 Å². The number of hydrogen-bond acceptors (Lipinski definition) is 4. The van der Waals surface area contributed by atoms with Gasteiger partial charge in [-0.2, -0.15) is 0 Å². The van der Waals surface area contributed by atoms with Crippen LogP contribution < -0.4 is 14.4 Å². The first-order valence-electron chi connectivity index (χ1n) is 7.84. The van der Waals surface area contributed by atoms with E-state index in [9.17, 15) is 4.79 Å². The van der Waals surface area contributed by atoms with Crippen LogP contribution in [-0.4, -0.2) is 43.8 Å². The van der Waals surface area contributed by atoms with Gasteiger partial charge in [-0.15, -0.1) is 11.3 Å². The van der Waals surface area contributed by atoms with Crippen LogP contribution in [0.15, 0.2) is 35.7 Å². The Bertz CT molecular complexity index is 694. The number of hydrogen-bond donors (Lipinski definition) is 1. The largest absolute Gasteiger partial charge is 0.454 e. The van der Waals surface area contributed by atoms with Crippen molar-refractivity contribution in [1.82, 2.24) is 4.90 Å². The molecule has 6 heteroatoms. The number of ether oxygens (including phenoxy) is 2. The van der Waals surface area contributed by atoms with Crippen LogP contribution in [-0.2, 0) is 6.54 Å². The minimum Gasteiger partial charge on any atom is -0.454 e. The highest BCUT2D eigenvalue weighted by molar-refractivity contribution is 7.12. The molecule has 1 fully saturated rings. The zero-order valence-corrected chi connectivity index (χ0v) is 13.6. The quantitative estimate of drug-likeness (QED) is 0.913. The number of amides is 1. The number of carbonyl (C=O) groups is 1. The second kappa shape index (κ2) is 6.22. The van der Waals surface area contributed by atoms with E-state index in [0.717, 1.165) is 49.1 Å². The van der Waals surface area contributed by atoms with Crippen LogP contribution in [0.25, 0.3) is 0 Å². The predicted octanol–water partition coefficient (Wildman–Crippen LogP) is 1.02. The first-order chi connectivity index (χ1) is 11.3. The first-order valence-corrected chi connectivity index (χ1v) is 8.72.